The van der Waals surface area contributed by atoms with Gasteiger partial charge in [0.05, 0.1) is 9.61 Å². The summed E-state index contributed by atoms with van der Waals surface area (Å²) in [6, 6.07) is 3.19. The van der Waals surface area contributed by atoms with Gasteiger partial charge in [-0.05, 0) is 66.1 Å². The van der Waals surface area contributed by atoms with Crippen molar-refractivity contribution in [2.45, 2.75) is 31.3 Å². The average molecular weight is 435 g/mol. The lowest BCUT2D eigenvalue weighted by molar-refractivity contribution is -0.149. The number of nitrogens with two attached hydrogens (primary N) is 2. The molecule has 2 atom stereocenters. The number of carboxylic acids is 1. The fraction of sp³-hybridized carbons (Fsp3) is 0.467. The van der Waals surface area contributed by atoms with Crippen LogP contribution in [0.5, 0.6) is 5.75 Å². The maximum absolute atomic E-state index is 12.4. The van der Waals surface area contributed by atoms with Crippen LogP contribution < -0.4 is 11.5 Å². The highest BCUT2D eigenvalue weighted by molar-refractivity contribution is 14.1. The van der Waals surface area contributed by atoms with Gasteiger partial charge < -0.3 is 26.6 Å². The van der Waals surface area contributed by atoms with Gasteiger partial charge in [-0.1, -0.05) is 6.07 Å². The van der Waals surface area contributed by atoms with Gasteiger partial charge in [0.2, 0.25) is 5.91 Å². The number of halogens is 1. The summed E-state index contributed by atoms with van der Waals surface area (Å²) in [7, 11) is 1.44. The number of benzene rings is 1. The number of aliphatic carboxylic acids is 1. The van der Waals surface area contributed by atoms with Gasteiger partial charge in [-0.15, -0.1) is 0 Å². The summed E-state index contributed by atoms with van der Waals surface area (Å²) in [4.78, 5) is 24.8. The Balaban J connectivity index is 2.76. The van der Waals surface area contributed by atoms with E-state index in [1.54, 1.807) is 18.2 Å². The number of hydrogen-bond donors (Lipinski definition) is 4. The Labute approximate surface area is 148 Å². The summed E-state index contributed by atoms with van der Waals surface area (Å²) in [5, 5.41) is 18.8. The lowest BCUT2D eigenvalue weighted by Crippen LogP contribution is -2.50. The number of nitrogens with zero attached hydrogens (tertiary/aromatic N) is 1. The molecule has 0 aliphatic heterocycles. The normalized spacial score (nSPS) is 13.4. The predicted octanol–water partition coefficient (Wildman–Crippen LogP) is 0.517. The first-order chi connectivity index (χ1) is 10.8. The molecular formula is C15H22IN3O4. The van der Waals surface area contributed by atoms with Crippen LogP contribution in [-0.4, -0.2) is 52.7 Å². The number of amides is 1. The molecule has 7 nitrogen and oxygen atoms in total. The molecule has 8 heteroatoms. The number of likely N-dealkylation sites (N-methyl/N-ethyl adjacent to an activating group) is 1. The molecular weight excluding hydrogens is 413 g/mol. The molecule has 0 saturated carbocycles. The van der Waals surface area contributed by atoms with Crippen LogP contribution in [0.3, 0.4) is 0 Å². The number of phenolic OH excluding ortho intramolecular Hbond substituents is 1. The largest absolute Gasteiger partial charge is 0.507 e. The third-order valence-electron chi connectivity index (χ3n) is 3.57. The van der Waals surface area contributed by atoms with Gasteiger partial charge in [-0.3, -0.25) is 4.79 Å². The van der Waals surface area contributed by atoms with Gasteiger partial charge in [0.1, 0.15) is 11.8 Å². The number of carbonyl (C=O) groups is 2. The third kappa shape index (κ3) is 5.63. The summed E-state index contributed by atoms with van der Waals surface area (Å²) >= 11 is 1.99. The van der Waals surface area contributed by atoms with Crippen LogP contribution in [0.1, 0.15) is 18.4 Å². The zero-order chi connectivity index (χ0) is 17.6. The Kier molecular flexibility index (Phi) is 7.73. The topological polar surface area (TPSA) is 130 Å². The van der Waals surface area contributed by atoms with Crippen LogP contribution in [0.2, 0.25) is 0 Å². The van der Waals surface area contributed by atoms with E-state index in [1.165, 1.54) is 11.9 Å². The summed E-state index contributed by atoms with van der Waals surface area (Å²) in [6.07, 6.45) is 1.07. The molecule has 0 saturated heterocycles. The SMILES string of the molecule is CN(C(=O)[C@H](N)Cc1ccc(O)c(I)c1)[C@H](CCCN)C(=O)O. The summed E-state index contributed by atoms with van der Waals surface area (Å²) in [6.45, 7) is 0.365. The van der Waals surface area contributed by atoms with Crippen LogP contribution >= 0.6 is 22.6 Å². The second kappa shape index (κ2) is 9.04. The van der Waals surface area contributed by atoms with Crippen molar-refractivity contribution in [2.24, 2.45) is 11.5 Å². The highest BCUT2D eigenvalue weighted by Crippen LogP contribution is 2.21. The molecule has 1 amide bonds. The Bertz CT molecular complexity index is 568. The van der Waals surface area contributed by atoms with Crippen molar-refractivity contribution in [2.75, 3.05) is 13.6 Å². The van der Waals surface area contributed by atoms with E-state index in [2.05, 4.69) is 0 Å². The quantitative estimate of drug-likeness (QED) is 0.441. The molecule has 0 aromatic heterocycles. The predicted molar refractivity (Wildman–Crippen MR) is 95.0 cm³/mol. The van der Waals surface area contributed by atoms with Crippen molar-refractivity contribution in [3.05, 3.63) is 27.3 Å². The number of carboxylic acid groups (broad SMARTS) is 1. The minimum Gasteiger partial charge on any atom is -0.507 e. The van der Waals surface area contributed by atoms with Crippen molar-refractivity contribution in [1.29, 1.82) is 0 Å². The van der Waals surface area contributed by atoms with E-state index in [4.69, 9.17) is 11.5 Å². The molecule has 1 aromatic rings. The molecule has 0 heterocycles. The van der Waals surface area contributed by atoms with Gasteiger partial charge >= 0.3 is 5.97 Å². The fourth-order valence-corrected chi connectivity index (χ4v) is 2.81. The number of phenols is 1. The van der Waals surface area contributed by atoms with Crippen molar-refractivity contribution >= 4 is 34.5 Å². The van der Waals surface area contributed by atoms with E-state index in [9.17, 15) is 19.8 Å². The van der Waals surface area contributed by atoms with Crippen LogP contribution in [0, 0.1) is 3.57 Å². The van der Waals surface area contributed by atoms with E-state index in [0.29, 0.717) is 16.5 Å². The summed E-state index contributed by atoms with van der Waals surface area (Å²) in [5.41, 5.74) is 12.1. The minimum absolute atomic E-state index is 0.166. The third-order valence-corrected chi connectivity index (χ3v) is 4.43. The Hall–Kier alpha value is -1.39. The van der Waals surface area contributed by atoms with E-state index >= 15 is 0 Å². The van der Waals surface area contributed by atoms with E-state index in [0.717, 1.165) is 5.56 Å². The molecule has 23 heavy (non-hydrogen) atoms. The first-order valence-corrected chi connectivity index (χ1v) is 8.28. The average Bonchev–Trinajstić information content (AvgIpc) is 2.50. The minimum atomic E-state index is -1.07. The van der Waals surface area contributed by atoms with Crippen molar-refractivity contribution in [3.8, 4) is 5.75 Å². The fourth-order valence-electron chi connectivity index (χ4n) is 2.23. The zero-order valence-electron chi connectivity index (χ0n) is 12.9. The maximum Gasteiger partial charge on any atom is 0.326 e. The Morgan fingerprint density at radius 3 is 2.57 bits per heavy atom. The van der Waals surface area contributed by atoms with Crippen LogP contribution in [0.25, 0.3) is 0 Å². The van der Waals surface area contributed by atoms with Crippen molar-refractivity contribution in [3.63, 3.8) is 0 Å². The van der Waals surface area contributed by atoms with E-state index in [-0.39, 0.29) is 18.6 Å². The number of aromatic hydroxyl groups is 1. The second-order valence-corrected chi connectivity index (χ2v) is 6.49. The first-order valence-electron chi connectivity index (χ1n) is 7.20. The van der Waals surface area contributed by atoms with Gasteiger partial charge in [0, 0.05) is 7.05 Å². The summed E-state index contributed by atoms with van der Waals surface area (Å²) in [5.74, 6) is -1.34. The molecule has 1 rings (SSSR count). The molecule has 0 fully saturated rings. The van der Waals surface area contributed by atoms with E-state index in [1.807, 2.05) is 22.6 Å². The molecule has 0 aliphatic rings. The highest BCUT2D eigenvalue weighted by Gasteiger charge is 2.29. The molecule has 0 unspecified atom stereocenters. The molecule has 0 spiro atoms. The lowest BCUT2D eigenvalue weighted by atomic mass is 10.0. The van der Waals surface area contributed by atoms with Crippen LogP contribution in [0.4, 0.5) is 0 Å². The molecule has 1 aromatic carbocycles. The summed E-state index contributed by atoms with van der Waals surface area (Å²) < 4.78 is 0.666. The molecule has 0 radical (unpaired) electrons. The molecule has 128 valence electrons. The molecule has 0 aliphatic carbocycles. The lowest BCUT2D eigenvalue weighted by Gasteiger charge is -2.27. The smallest absolute Gasteiger partial charge is 0.326 e. The van der Waals surface area contributed by atoms with E-state index < -0.39 is 24.0 Å². The van der Waals surface area contributed by atoms with Crippen molar-refractivity contribution in [1.82, 2.24) is 4.90 Å². The number of hydrogen-bond acceptors (Lipinski definition) is 5. The standard InChI is InChI=1S/C15H22IN3O4/c1-19(12(15(22)23)3-2-6-17)14(21)11(18)8-9-4-5-13(20)10(16)7-9/h4-5,7,11-12,20H,2-3,6,8,17-18H2,1H3,(H,22,23)/t11-,12-/m1/s1. The zero-order valence-corrected chi connectivity index (χ0v) is 15.1. The second-order valence-electron chi connectivity index (χ2n) is 5.33. The number of carbonyl (C=O) groups excluding carboxylic acids is 1. The highest BCUT2D eigenvalue weighted by atomic mass is 127. The maximum atomic E-state index is 12.4. The van der Waals surface area contributed by atoms with Crippen molar-refractivity contribution < 1.29 is 19.8 Å². The molecule has 0 bridgehead atoms. The van der Waals surface area contributed by atoms with Gasteiger partial charge in [0.25, 0.3) is 0 Å². The Morgan fingerprint density at radius 2 is 2.04 bits per heavy atom. The van der Waals surface area contributed by atoms with Crippen LogP contribution in [0.15, 0.2) is 18.2 Å². The Morgan fingerprint density at radius 1 is 1.39 bits per heavy atom. The van der Waals surface area contributed by atoms with Gasteiger partial charge in [-0.25, -0.2) is 4.79 Å². The molecule has 6 N–H and O–H groups in total. The first kappa shape index (κ1) is 19.7. The van der Waals surface area contributed by atoms with Gasteiger partial charge in [-0.2, -0.15) is 0 Å². The van der Waals surface area contributed by atoms with Crippen LogP contribution in [-0.2, 0) is 16.0 Å². The number of rotatable bonds is 8. The van der Waals surface area contributed by atoms with Gasteiger partial charge in [0.15, 0.2) is 0 Å². The monoisotopic (exact) mass is 435 g/mol.